The van der Waals surface area contributed by atoms with Crippen molar-refractivity contribution in [2.75, 3.05) is 26.4 Å². The van der Waals surface area contributed by atoms with Gasteiger partial charge in [0.05, 0.1) is 26.4 Å². The van der Waals surface area contributed by atoms with Crippen molar-refractivity contribution in [2.24, 2.45) is 0 Å². The van der Waals surface area contributed by atoms with Gasteiger partial charge in [-0.15, -0.1) is 0 Å². The van der Waals surface area contributed by atoms with E-state index in [0.29, 0.717) is 0 Å². The SMILES string of the molecule is O=C(O)C1=CC(O)C(OS(=O)(=O)O)C(OC2C(COS(=O)(=O)O)OC(OC3C(C(=O)O)OC(OC4C(COS(=O)(=O)O)OC(OC5C(C(=O)O)OC(OC6C(COS(=O)(=O)O)OC(OC7C(C(=O)O)OC(OC8C(COS(=O)(=O)O)OC(O)C(NS(=O)(=O)O)C8O)C(O)C7O)C(NS(=O)(=O)O)C6O)C(OS(=O)(=O)O)C5O)C(NS(=O)(=O)O)C4O)C(OS(=O)(=O)O)C3O)C(NS(=O)(=O)O)C2O)O1. The highest BCUT2D eigenvalue weighted by Gasteiger charge is 2.64. The molecule has 7 saturated heterocycles. The molecule has 29 N–H and O–H groups in total. The van der Waals surface area contributed by atoms with Gasteiger partial charge in [0.1, 0.15) is 146 Å². The Labute approximate surface area is 758 Å². The third-order valence-electron chi connectivity index (χ3n) is 18.8. The zero-order chi connectivity index (χ0) is 103. The number of ether oxygens (including phenoxy) is 15. The number of aliphatic hydroxyl groups is 10. The molecular weight excluding hydrogens is 2150 g/mol. The average molecular weight is 2230 g/mol. The number of carboxylic acids is 4. The lowest BCUT2D eigenvalue weighted by Gasteiger charge is -2.50. The van der Waals surface area contributed by atoms with Crippen LogP contribution in [0.2, 0.25) is 0 Å². The molecule has 38 atom stereocenters. The van der Waals surface area contributed by atoms with Crippen LogP contribution in [0, 0.1) is 0 Å². The van der Waals surface area contributed by atoms with Crippen molar-refractivity contribution >= 4 is 138 Å². The summed E-state index contributed by atoms with van der Waals surface area (Å²) in [6.07, 6.45) is -106. The quantitative estimate of drug-likeness (QED) is 0.0252. The second kappa shape index (κ2) is 44.3. The van der Waals surface area contributed by atoms with E-state index in [2.05, 4.69) is 29.3 Å². The third-order valence-corrected chi connectivity index (χ3v) is 24.2. The Hall–Kier alpha value is -4.97. The summed E-state index contributed by atoms with van der Waals surface area (Å²) >= 11 is 0. The van der Waals surface area contributed by atoms with E-state index in [1.165, 1.54) is 4.72 Å². The molecule has 0 bridgehead atoms. The van der Waals surface area contributed by atoms with E-state index in [1.54, 1.807) is 0 Å². The summed E-state index contributed by atoms with van der Waals surface area (Å²) < 4.78 is 491. The smallest absolute Gasteiger partial charge is 0.397 e. The molecule has 0 aliphatic carbocycles. The fourth-order valence-electron chi connectivity index (χ4n) is 13.6. The molecule has 792 valence electrons. The molecule has 0 aromatic rings. The van der Waals surface area contributed by atoms with Crippen LogP contribution in [-0.4, -0.2) is 498 Å². The molecule has 136 heavy (non-hydrogen) atoms. The molecular formula is C48H76N4O73S11. The summed E-state index contributed by atoms with van der Waals surface area (Å²) in [7, 11) is -66.2. The van der Waals surface area contributed by atoms with Crippen LogP contribution in [0.25, 0.3) is 0 Å². The molecule has 0 aromatic carbocycles. The Bertz CT molecular complexity index is 5620. The molecule has 8 aliphatic heterocycles. The zero-order valence-corrected chi connectivity index (χ0v) is 74.1. The van der Waals surface area contributed by atoms with Gasteiger partial charge in [-0.1, -0.05) is 0 Å². The second-order valence-electron chi connectivity index (χ2n) is 28.2. The average Bonchev–Trinajstić information content (AvgIpc) is 0.756. The van der Waals surface area contributed by atoms with Crippen molar-refractivity contribution < 1.29 is 334 Å². The summed E-state index contributed by atoms with van der Waals surface area (Å²) in [5.74, 6) is -11.4. The fourth-order valence-corrected chi connectivity index (χ4v) is 18.7. The first kappa shape index (κ1) is 116. The molecule has 0 spiro atoms. The molecule has 0 amide bonds. The van der Waals surface area contributed by atoms with E-state index in [-0.39, 0.29) is 6.08 Å². The highest BCUT2D eigenvalue weighted by molar-refractivity contribution is 7.85. The van der Waals surface area contributed by atoms with Gasteiger partial charge in [-0.3, -0.25) is 50.1 Å². The van der Waals surface area contributed by atoms with Crippen molar-refractivity contribution in [3.63, 3.8) is 0 Å². The molecule has 8 rings (SSSR count). The van der Waals surface area contributed by atoms with Gasteiger partial charge >= 0.3 is 138 Å². The molecule has 38 unspecified atom stereocenters. The highest BCUT2D eigenvalue weighted by atomic mass is 32.3. The predicted octanol–water partition coefficient (Wildman–Crippen LogP) is -20.5. The lowest BCUT2D eigenvalue weighted by atomic mass is 9.94. The standard InChI is InChI=1S/C48H76N4O73S11/c53-6-1-7(37(62)63)109-46(24(6)123-134(95,96)97)114-26-9(3-105-131(86,87)88)111-43(14(17(26)55)51-128(77,78)79)118-30-22(60)33(125-136(101,102)103)48(122-35(30)39(66)67)116-28-11(5-107-133(92,93)94)112-44(15(19(28)57)52-129(80,81)82)119-31-23(61)32(124-135(98,99)100)47(121-36(31)40(68)69)115-27-10(4-106-132(89,90)91)110-42(13(18(27)56)50-127(74,75)76)117-29-20(58)21(59)45(120-34(29)38(64)65)113-25-8(2-104-130(83,84)85)108-41(70)12(16(25)54)49-126(71,72)73/h1,6,8-36,41-61,70H,2-5H2,(H,62,63)(H,64,65)(H,66,67)(H,68,69)(H,71,72,73)(H,74,75,76)(H,77,78,79)(H,80,81,82)(H,83,84,85)(H,86,87,88)(H,89,90,91)(H,92,93,94)(H,95,96,97)(H,98,99,100)(H,101,102,103). The summed E-state index contributed by atoms with van der Waals surface area (Å²) in [5, 5.41) is 157. The minimum Gasteiger partial charge on any atom is -0.479 e. The zero-order valence-electron chi connectivity index (χ0n) is 65.1. The Balaban J connectivity index is 1.13. The Morgan fingerprint density at radius 3 is 0.801 bits per heavy atom. The van der Waals surface area contributed by atoms with Crippen LogP contribution >= 0.6 is 0 Å². The van der Waals surface area contributed by atoms with Gasteiger partial charge in [0.15, 0.2) is 80.7 Å². The maximum Gasteiger partial charge on any atom is 0.397 e. The minimum atomic E-state index is -6.47. The summed E-state index contributed by atoms with van der Waals surface area (Å²) in [6.45, 7) is -7.69. The van der Waals surface area contributed by atoms with E-state index in [0.717, 1.165) is 14.2 Å². The first-order valence-corrected chi connectivity index (χ1v) is 50.7. The van der Waals surface area contributed by atoms with Crippen molar-refractivity contribution in [3.05, 3.63) is 11.8 Å². The van der Waals surface area contributed by atoms with Gasteiger partial charge in [-0.25, -0.2) is 48.5 Å². The monoisotopic (exact) mass is 2230 g/mol. The van der Waals surface area contributed by atoms with Gasteiger partial charge in [0, 0.05) is 0 Å². The van der Waals surface area contributed by atoms with E-state index < -0.39 is 403 Å². The van der Waals surface area contributed by atoms with Crippen molar-refractivity contribution in [3.8, 4) is 0 Å². The number of aliphatic carboxylic acids is 4. The topological polar surface area (TPSA) is 1200 Å². The lowest BCUT2D eigenvalue weighted by Crippen LogP contribution is -2.71. The van der Waals surface area contributed by atoms with Crippen LogP contribution in [-0.2, 0) is 234 Å². The number of carbonyl (C=O) groups is 4. The molecule has 0 saturated carbocycles. The number of hydrogen-bond acceptors (Lipinski definition) is 58. The minimum absolute atomic E-state index is 0.167. The number of nitrogens with one attached hydrogen (secondary N) is 4. The second-order valence-corrected chi connectivity index (χ2v) is 40.5. The number of aliphatic hydroxyl groups excluding tert-OH is 10. The van der Waals surface area contributed by atoms with Crippen LogP contribution in [0.3, 0.4) is 0 Å². The molecule has 88 heteroatoms. The molecule has 77 nitrogen and oxygen atoms in total. The van der Waals surface area contributed by atoms with Gasteiger partial charge in [0.2, 0.25) is 12.0 Å². The number of carboxylic acid groups (broad SMARTS) is 4. The number of rotatable bonds is 44. The van der Waals surface area contributed by atoms with Crippen molar-refractivity contribution in [1.82, 2.24) is 18.9 Å². The summed E-state index contributed by atoms with van der Waals surface area (Å²) in [4.78, 5) is 51.6. The molecule has 8 heterocycles. The normalized spacial score (nSPS) is 39.2. The van der Waals surface area contributed by atoms with Crippen molar-refractivity contribution in [2.45, 2.75) is 233 Å². The van der Waals surface area contributed by atoms with Crippen LogP contribution in [0.5, 0.6) is 0 Å². The van der Waals surface area contributed by atoms with E-state index >= 15 is 0 Å². The lowest BCUT2D eigenvalue weighted by molar-refractivity contribution is -0.378. The maximum absolute atomic E-state index is 13.4. The third kappa shape index (κ3) is 32.8. The first-order valence-electron chi connectivity index (χ1n) is 35.4. The van der Waals surface area contributed by atoms with Gasteiger partial charge in [-0.2, -0.15) is 111 Å². The maximum atomic E-state index is 13.4. The van der Waals surface area contributed by atoms with Gasteiger partial charge in [-0.05, 0) is 6.08 Å². The Morgan fingerprint density at radius 1 is 0.272 bits per heavy atom. The van der Waals surface area contributed by atoms with E-state index in [4.69, 9.17) is 71.1 Å². The van der Waals surface area contributed by atoms with Gasteiger partial charge in [0.25, 0.3) is 0 Å². The molecule has 0 radical (unpaired) electrons. The van der Waals surface area contributed by atoms with Crippen molar-refractivity contribution in [1.29, 1.82) is 0 Å². The number of hydrogen-bond donors (Lipinski definition) is 29. The van der Waals surface area contributed by atoms with Crippen LogP contribution in [0.15, 0.2) is 11.8 Å². The first-order chi connectivity index (χ1) is 61.7. The summed E-state index contributed by atoms with van der Waals surface area (Å²) in [5.41, 5.74) is 0. The van der Waals surface area contributed by atoms with E-state index in [9.17, 15) is 233 Å². The highest BCUT2D eigenvalue weighted by Crippen LogP contribution is 2.42. The predicted molar refractivity (Wildman–Crippen MR) is 388 cm³/mol. The van der Waals surface area contributed by atoms with E-state index in [1.807, 2.05) is 0 Å². The Kier molecular flexibility index (Phi) is 37.9. The summed E-state index contributed by atoms with van der Waals surface area (Å²) in [6, 6.07) is -12.1. The van der Waals surface area contributed by atoms with Crippen LogP contribution < -0.4 is 18.9 Å². The molecule has 0 aromatic heterocycles. The molecule has 7 fully saturated rings. The van der Waals surface area contributed by atoms with Gasteiger partial charge < -0.3 is 143 Å². The fraction of sp³-hybridized carbons (Fsp3) is 0.875. The molecule has 8 aliphatic rings. The van der Waals surface area contributed by atoms with Crippen LogP contribution in [0.4, 0.5) is 0 Å². The largest absolute Gasteiger partial charge is 0.479 e. The Morgan fingerprint density at radius 2 is 0.522 bits per heavy atom. The van der Waals surface area contributed by atoms with Crippen LogP contribution in [0.1, 0.15) is 0 Å².